The predicted molar refractivity (Wildman–Crippen MR) is 85.7 cm³/mol. The zero-order valence-electron chi connectivity index (χ0n) is 12.7. The fourth-order valence-electron chi connectivity index (χ4n) is 3.56. The lowest BCUT2D eigenvalue weighted by atomic mass is 10.0. The molecule has 4 rings (SSSR count). The van der Waals surface area contributed by atoms with Crippen molar-refractivity contribution in [3.8, 4) is 11.3 Å². The number of hydrogen-bond acceptors (Lipinski definition) is 4. The van der Waals surface area contributed by atoms with Gasteiger partial charge in [0.15, 0.2) is 0 Å². The molecule has 0 radical (unpaired) electrons. The van der Waals surface area contributed by atoms with Crippen molar-refractivity contribution in [1.82, 2.24) is 14.9 Å². The number of hydrogen-bond donors (Lipinski definition) is 0. The second-order valence-corrected chi connectivity index (χ2v) is 6.07. The summed E-state index contributed by atoms with van der Waals surface area (Å²) in [5.74, 6) is 0. The maximum atomic E-state index is 5.55. The summed E-state index contributed by atoms with van der Waals surface area (Å²) >= 11 is 0. The first-order chi connectivity index (χ1) is 10.9. The van der Waals surface area contributed by atoms with Crippen LogP contribution in [0.25, 0.3) is 11.3 Å². The Bertz CT molecular complexity index is 638. The van der Waals surface area contributed by atoms with Crippen molar-refractivity contribution in [3.63, 3.8) is 0 Å². The molecule has 2 aliphatic rings. The van der Waals surface area contributed by atoms with Crippen molar-refractivity contribution in [3.05, 3.63) is 47.9 Å². The molecule has 1 aromatic carbocycles. The van der Waals surface area contributed by atoms with E-state index >= 15 is 0 Å². The van der Waals surface area contributed by atoms with E-state index in [0.717, 1.165) is 51.3 Å². The van der Waals surface area contributed by atoms with E-state index in [1.54, 1.807) is 6.33 Å². The van der Waals surface area contributed by atoms with Gasteiger partial charge in [-0.3, -0.25) is 4.90 Å². The van der Waals surface area contributed by atoms with E-state index in [2.05, 4.69) is 39.1 Å². The first-order valence-corrected chi connectivity index (χ1v) is 8.12. The summed E-state index contributed by atoms with van der Waals surface area (Å²) in [6.45, 7) is 3.94. The van der Waals surface area contributed by atoms with Crippen LogP contribution in [0.15, 0.2) is 36.7 Å². The lowest BCUT2D eigenvalue weighted by Crippen LogP contribution is -2.37. The molecule has 0 spiro atoms. The van der Waals surface area contributed by atoms with Gasteiger partial charge in [-0.25, -0.2) is 9.97 Å². The Morgan fingerprint density at radius 1 is 1.05 bits per heavy atom. The molecule has 4 nitrogen and oxygen atoms in total. The predicted octanol–water partition coefficient (Wildman–Crippen LogP) is 2.33. The van der Waals surface area contributed by atoms with E-state index in [-0.39, 0.29) is 0 Å². The smallest absolute Gasteiger partial charge is 0.116 e. The largest absolute Gasteiger partial charge is 0.380 e. The first kappa shape index (κ1) is 13.9. The van der Waals surface area contributed by atoms with Crippen LogP contribution >= 0.6 is 0 Å². The fraction of sp³-hybridized carbons (Fsp3) is 0.444. The van der Waals surface area contributed by atoms with Crippen molar-refractivity contribution < 1.29 is 4.74 Å². The van der Waals surface area contributed by atoms with Crippen LogP contribution in [0.2, 0.25) is 0 Å². The fourth-order valence-corrected chi connectivity index (χ4v) is 3.56. The minimum absolute atomic E-state index is 0.586. The number of fused-ring (bicyclic) bond motifs is 1. The molecule has 114 valence electrons. The van der Waals surface area contributed by atoms with Crippen molar-refractivity contribution in [2.24, 2.45) is 0 Å². The minimum Gasteiger partial charge on any atom is -0.380 e. The second kappa shape index (κ2) is 6.15. The lowest BCUT2D eigenvalue weighted by molar-refractivity contribution is 0.147. The van der Waals surface area contributed by atoms with Crippen LogP contribution in [0.3, 0.4) is 0 Å². The number of benzene rings is 1. The van der Waals surface area contributed by atoms with Gasteiger partial charge in [0.1, 0.15) is 6.33 Å². The summed E-state index contributed by atoms with van der Waals surface area (Å²) < 4.78 is 5.55. The van der Waals surface area contributed by atoms with Gasteiger partial charge in [0.2, 0.25) is 0 Å². The van der Waals surface area contributed by atoms with Gasteiger partial charge >= 0.3 is 0 Å². The van der Waals surface area contributed by atoms with E-state index in [1.807, 2.05) is 6.07 Å². The van der Waals surface area contributed by atoms with E-state index in [0.29, 0.717) is 6.04 Å². The Hall–Kier alpha value is -1.78. The van der Waals surface area contributed by atoms with Crippen LogP contribution in [0.5, 0.6) is 0 Å². The molecule has 0 aliphatic carbocycles. The Labute approximate surface area is 131 Å². The van der Waals surface area contributed by atoms with Gasteiger partial charge in [-0.05, 0) is 12.8 Å². The summed E-state index contributed by atoms with van der Waals surface area (Å²) in [6, 6.07) is 11.0. The lowest BCUT2D eigenvalue weighted by Gasteiger charge is -2.25. The van der Waals surface area contributed by atoms with Gasteiger partial charge in [0.25, 0.3) is 0 Å². The van der Waals surface area contributed by atoms with Crippen LogP contribution in [0.1, 0.15) is 17.7 Å². The van der Waals surface area contributed by atoms with Crippen LogP contribution in [0, 0.1) is 0 Å². The molecule has 0 N–H and O–H groups in total. The molecule has 2 aliphatic heterocycles. The summed E-state index contributed by atoms with van der Waals surface area (Å²) in [6.07, 6.45) is 4.91. The van der Waals surface area contributed by atoms with Crippen molar-refractivity contribution >= 4 is 0 Å². The molecule has 4 heteroatoms. The van der Waals surface area contributed by atoms with Gasteiger partial charge in [0.05, 0.1) is 12.3 Å². The Morgan fingerprint density at radius 2 is 1.91 bits per heavy atom. The summed E-state index contributed by atoms with van der Waals surface area (Å²) in [5.41, 5.74) is 4.85. The highest BCUT2D eigenvalue weighted by Crippen LogP contribution is 2.26. The minimum atomic E-state index is 0.586. The van der Waals surface area contributed by atoms with Crippen LogP contribution in [0.4, 0.5) is 0 Å². The van der Waals surface area contributed by atoms with Crippen LogP contribution in [-0.2, 0) is 17.6 Å². The Morgan fingerprint density at radius 3 is 2.73 bits per heavy atom. The average Bonchev–Trinajstić information content (AvgIpc) is 3.02. The molecule has 1 unspecified atom stereocenters. The van der Waals surface area contributed by atoms with Crippen molar-refractivity contribution in [2.75, 3.05) is 26.3 Å². The van der Waals surface area contributed by atoms with Gasteiger partial charge in [-0.2, -0.15) is 0 Å². The zero-order chi connectivity index (χ0) is 14.8. The van der Waals surface area contributed by atoms with Crippen LogP contribution < -0.4 is 0 Å². The molecule has 1 fully saturated rings. The number of aromatic nitrogens is 2. The summed E-state index contributed by atoms with van der Waals surface area (Å²) in [7, 11) is 0. The van der Waals surface area contributed by atoms with E-state index in [1.165, 1.54) is 16.8 Å². The maximum absolute atomic E-state index is 5.55. The summed E-state index contributed by atoms with van der Waals surface area (Å²) in [4.78, 5) is 11.7. The van der Waals surface area contributed by atoms with Crippen molar-refractivity contribution in [1.29, 1.82) is 0 Å². The third-order valence-corrected chi connectivity index (χ3v) is 4.79. The van der Waals surface area contributed by atoms with Crippen molar-refractivity contribution in [2.45, 2.75) is 25.3 Å². The number of ether oxygens (including phenoxy) is 1. The molecule has 0 amide bonds. The third-order valence-electron chi connectivity index (χ3n) is 4.79. The van der Waals surface area contributed by atoms with E-state index in [4.69, 9.17) is 4.74 Å². The molecule has 0 bridgehead atoms. The molecular formula is C18H21N3O. The molecule has 22 heavy (non-hydrogen) atoms. The monoisotopic (exact) mass is 295 g/mol. The van der Waals surface area contributed by atoms with E-state index in [9.17, 15) is 0 Å². The SMILES string of the molecule is c1ccc(-c2ncnc3c2CCN(C2CCOC2)CC3)cc1. The first-order valence-electron chi connectivity index (χ1n) is 8.12. The molecule has 1 aromatic heterocycles. The van der Waals surface area contributed by atoms with Gasteiger partial charge < -0.3 is 4.74 Å². The highest BCUT2D eigenvalue weighted by Gasteiger charge is 2.26. The quantitative estimate of drug-likeness (QED) is 0.852. The highest BCUT2D eigenvalue weighted by atomic mass is 16.5. The Balaban J connectivity index is 1.62. The normalized spacial score (nSPS) is 22.3. The molecule has 1 atom stereocenters. The maximum Gasteiger partial charge on any atom is 0.116 e. The second-order valence-electron chi connectivity index (χ2n) is 6.07. The zero-order valence-corrected chi connectivity index (χ0v) is 12.7. The molecule has 2 aromatic rings. The van der Waals surface area contributed by atoms with Crippen LogP contribution in [-0.4, -0.2) is 47.2 Å². The third kappa shape index (κ3) is 2.64. The standard InChI is InChI=1S/C18H21N3O/c1-2-4-14(5-3-1)18-16-6-9-21(15-8-11-22-12-15)10-7-17(16)19-13-20-18/h1-5,13,15H,6-12H2. The number of rotatable bonds is 2. The highest BCUT2D eigenvalue weighted by molar-refractivity contribution is 5.63. The molecular weight excluding hydrogens is 274 g/mol. The average molecular weight is 295 g/mol. The van der Waals surface area contributed by atoms with Gasteiger partial charge in [-0.15, -0.1) is 0 Å². The molecule has 1 saturated heterocycles. The van der Waals surface area contributed by atoms with Gasteiger partial charge in [-0.1, -0.05) is 30.3 Å². The van der Waals surface area contributed by atoms with Gasteiger partial charge in [0, 0.05) is 49.0 Å². The Kier molecular flexibility index (Phi) is 3.87. The number of nitrogens with zero attached hydrogens (tertiary/aromatic N) is 3. The van der Waals surface area contributed by atoms with E-state index < -0.39 is 0 Å². The topological polar surface area (TPSA) is 38.2 Å². The molecule has 3 heterocycles. The summed E-state index contributed by atoms with van der Waals surface area (Å²) in [5, 5.41) is 0. The molecule has 0 saturated carbocycles.